The molecule has 0 fully saturated rings. The van der Waals surface area contributed by atoms with Gasteiger partial charge in [0.15, 0.2) is 0 Å². The van der Waals surface area contributed by atoms with Crippen molar-refractivity contribution in [2.45, 2.75) is 13.3 Å². The molecule has 0 atom stereocenters. The second kappa shape index (κ2) is 4.35. The second-order valence-corrected chi connectivity index (χ2v) is 4.01. The molecule has 0 N–H and O–H groups in total. The van der Waals surface area contributed by atoms with Gasteiger partial charge in [0, 0.05) is 24.9 Å². The SMILES string of the molecule is Cc1ccccc1C1=CC=CCCN1C. The Bertz CT molecular complexity index is 402. The maximum absolute atomic E-state index is 2.32. The summed E-state index contributed by atoms with van der Waals surface area (Å²) in [6.07, 6.45) is 7.71. The summed E-state index contributed by atoms with van der Waals surface area (Å²) in [7, 11) is 2.16. The quantitative estimate of drug-likeness (QED) is 0.671. The van der Waals surface area contributed by atoms with Crippen molar-refractivity contribution in [2.75, 3.05) is 13.6 Å². The highest BCUT2D eigenvalue weighted by atomic mass is 15.1. The van der Waals surface area contributed by atoms with Crippen LogP contribution in [-0.2, 0) is 0 Å². The van der Waals surface area contributed by atoms with Gasteiger partial charge in [-0.3, -0.25) is 0 Å². The van der Waals surface area contributed by atoms with E-state index in [4.69, 9.17) is 0 Å². The lowest BCUT2D eigenvalue weighted by Gasteiger charge is -2.22. The minimum Gasteiger partial charge on any atom is -0.374 e. The zero-order chi connectivity index (χ0) is 10.7. The fraction of sp³-hybridized carbons (Fsp3) is 0.286. The average Bonchev–Trinajstić information content (AvgIpc) is 2.44. The molecule has 78 valence electrons. The average molecular weight is 199 g/mol. The van der Waals surface area contributed by atoms with E-state index in [1.807, 2.05) is 0 Å². The van der Waals surface area contributed by atoms with Crippen LogP contribution in [0.25, 0.3) is 5.70 Å². The van der Waals surface area contributed by atoms with Gasteiger partial charge in [-0.05, 0) is 25.0 Å². The maximum atomic E-state index is 2.32. The Labute approximate surface area is 91.7 Å². The van der Waals surface area contributed by atoms with Crippen LogP contribution in [0.15, 0.2) is 42.5 Å². The van der Waals surface area contributed by atoms with E-state index in [-0.39, 0.29) is 0 Å². The molecule has 0 radical (unpaired) electrons. The van der Waals surface area contributed by atoms with Crippen LogP contribution >= 0.6 is 0 Å². The van der Waals surface area contributed by atoms with E-state index < -0.39 is 0 Å². The fourth-order valence-electron chi connectivity index (χ4n) is 1.93. The van der Waals surface area contributed by atoms with Crippen LogP contribution in [0.4, 0.5) is 0 Å². The first-order valence-electron chi connectivity index (χ1n) is 5.43. The van der Waals surface area contributed by atoms with Crippen molar-refractivity contribution in [1.82, 2.24) is 4.90 Å². The third-order valence-corrected chi connectivity index (χ3v) is 2.85. The van der Waals surface area contributed by atoms with E-state index in [0.29, 0.717) is 0 Å². The minimum absolute atomic E-state index is 1.09. The molecule has 0 aliphatic carbocycles. The van der Waals surface area contributed by atoms with Gasteiger partial charge in [-0.25, -0.2) is 0 Å². The lowest BCUT2D eigenvalue weighted by Crippen LogP contribution is -2.17. The molecule has 1 aromatic rings. The summed E-state index contributed by atoms with van der Waals surface area (Å²) in [4.78, 5) is 2.32. The van der Waals surface area contributed by atoms with E-state index >= 15 is 0 Å². The molecule has 0 saturated heterocycles. The molecule has 0 bridgehead atoms. The molecule has 1 aromatic carbocycles. The molecule has 2 rings (SSSR count). The molecule has 1 aliphatic heterocycles. The van der Waals surface area contributed by atoms with Gasteiger partial charge in [0.25, 0.3) is 0 Å². The van der Waals surface area contributed by atoms with Crippen molar-refractivity contribution in [3.05, 3.63) is 53.6 Å². The smallest absolute Gasteiger partial charge is 0.0439 e. The predicted octanol–water partition coefficient (Wildman–Crippen LogP) is 3.23. The highest BCUT2D eigenvalue weighted by Crippen LogP contribution is 2.23. The predicted molar refractivity (Wildman–Crippen MR) is 65.5 cm³/mol. The van der Waals surface area contributed by atoms with Crippen LogP contribution in [0.3, 0.4) is 0 Å². The molecule has 0 aromatic heterocycles. The zero-order valence-corrected chi connectivity index (χ0v) is 9.40. The van der Waals surface area contributed by atoms with Crippen LogP contribution in [0, 0.1) is 6.92 Å². The standard InChI is InChI=1S/C14H17N/c1-12-8-5-6-9-13(12)14-10-4-3-7-11-15(14)2/h3-6,8-10H,7,11H2,1-2H3. The number of hydrogen-bond acceptors (Lipinski definition) is 1. The van der Waals surface area contributed by atoms with Crippen LogP contribution < -0.4 is 0 Å². The highest BCUT2D eigenvalue weighted by Gasteiger charge is 2.09. The molecule has 1 nitrogen and oxygen atoms in total. The molecule has 0 amide bonds. The molecule has 0 spiro atoms. The van der Waals surface area contributed by atoms with Crippen molar-refractivity contribution in [3.8, 4) is 0 Å². The third kappa shape index (κ3) is 2.12. The monoisotopic (exact) mass is 199 g/mol. The summed E-state index contributed by atoms with van der Waals surface area (Å²) >= 11 is 0. The van der Waals surface area contributed by atoms with Gasteiger partial charge in [0.1, 0.15) is 0 Å². The summed E-state index contributed by atoms with van der Waals surface area (Å²) in [6.45, 7) is 3.26. The van der Waals surface area contributed by atoms with Gasteiger partial charge < -0.3 is 4.90 Å². The Morgan fingerprint density at radius 1 is 1.20 bits per heavy atom. The van der Waals surface area contributed by atoms with Crippen molar-refractivity contribution >= 4 is 5.70 Å². The van der Waals surface area contributed by atoms with Crippen LogP contribution in [-0.4, -0.2) is 18.5 Å². The molecule has 0 unspecified atom stereocenters. The van der Waals surface area contributed by atoms with Crippen LogP contribution in [0.1, 0.15) is 17.5 Å². The Balaban J connectivity index is 2.41. The first kappa shape index (κ1) is 10.0. The van der Waals surface area contributed by atoms with Crippen molar-refractivity contribution in [2.24, 2.45) is 0 Å². The van der Waals surface area contributed by atoms with Gasteiger partial charge >= 0.3 is 0 Å². The molecule has 1 heterocycles. The number of hydrogen-bond donors (Lipinski definition) is 0. The summed E-state index contributed by atoms with van der Waals surface area (Å²) < 4.78 is 0. The maximum Gasteiger partial charge on any atom is 0.0439 e. The fourth-order valence-corrected chi connectivity index (χ4v) is 1.93. The van der Waals surface area contributed by atoms with Crippen molar-refractivity contribution in [1.29, 1.82) is 0 Å². The lowest BCUT2D eigenvalue weighted by atomic mass is 10.0. The Kier molecular flexibility index (Phi) is 2.91. The van der Waals surface area contributed by atoms with Gasteiger partial charge in [0.2, 0.25) is 0 Å². The van der Waals surface area contributed by atoms with E-state index in [1.165, 1.54) is 16.8 Å². The van der Waals surface area contributed by atoms with Crippen LogP contribution in [0.5, 0.6) is 0 Å². The van der Waals surface area contributed by atoms with E-state index in [2.05, 4.69) is 61.4 Å². The van der Waals surface area contributed by atoms with Crippen molar-refractivity contribution in [3.63, 3.8) is 0 Å². The number of allylic oxidation sites excluding steroid dienone is 2. The van der Waals surface area contributed by atoms with Gasteiger partial charge in [0.05, 0.1) is 0 Å². The van der Waals surface area contributed by atoms with E-state index in [1.54, 1.807) is 0 Å². The van der Waals surface area contributed by atoms with Gasteiger partial charge in [-0.2, -0.15) is 0 Å². The Morgan fingerprint density at radius 2 is 2.00 bits per heavy atom. The highest BCUT2D eigenvalue weighted by molar-refractivity contribution is 5.68. The van der Waals surface area contributed by atoms with Crippen molar-refractivity contribution < 1.29 is 0 Å². The molecular formula is C14H17N. The molecular weight excluding hydrogens is 182 g/mol. The first-order valence-corrected chi connectivity index (χ1v) is 5.43. The van der Waals surface area contributed by atoms with E-state index in [0.717, 1.165) is 13.0 Å². The Hall–Kier alpha value is -1.50. The summed E-state index contributed by atoms with van der Waals surface area (Å²) in [5.74, 6) is 0. The number of benzene rings is 1. The molecule has 1 aliphatic rings. The third-order valence-electron chi connectivity index (χ3n) is 2.85. The summed E-state index contributed by atoms with van der Waals surface area (Å²) in [5, 5.41) is 0. The minimum atomic E-state index is 1.09. The Morgan fingerprint density at radius 3 is 2.80 bits per heavy atom. The second-order valence-electron chi connectivity index (χ2n) is 4.01. The zero-order valence-electron chi connectivity index (χ0n) is 9.40. The number of rotatable bonds is 1. The topological polar surface area (TPSA) is 3.24 Å². The summed E-state index contributed by atoms with van der Waals surface area (Å²) in [5.41, 5.74) is 4.00. The largest absolute Gasteiger partial charge is 0.374 e. The number of aryl methyl sites for hydroxylation is 1. The number of nitrogens with zero attached hydrogens (tertiary/aromatic N) is 1. The normalized spacial score (nSPS) is 16.1. The summed E-state index contributed by atoms with van der Waals surface area (Å²) in [6, 6.07) is 8.55. The van der Waals surface area contributed by atoms with Crippen LogP contribution in [0.2, 0.25) is 0 Å². The van der Waals surface area contributed by atoms with Gasteiger partial charge in [-0.1, -0.05) is 36.4 Å². The first-order chi connectivity index (χ1) is 7.29. The molecule has 15 heavy (non-hydrogen) atoms. The lowest BCUT2D eigenvalue weighted by molar-refractivity contribution is 0.491. The molecule has 1 heteroatoms. The molecule has 0 saturated carbocycles. The van der Waals surface area contributed by atoms with Gasteiger partial charge in [-0.15, -0.1) is 0 Å². The van der Waals surface area contributed by atoms with E-state index in [9.17, 15) is 0 Å².